The molecule has 5 fully saturated rings. The van der Waals surface area contributed by atoms with Crippen LogP contribution in [0.3, 0.4) is 0 Å². The number of carbonyl (C=O) groups excluding carboxylic acids is 6. The second kappa shape index (κ2) is 24.5. The van der Waals surface area contributed by atoms with Gasteiger partial charge in [-0.05, 0) is 81.0 Å². The van der Waals surface area contributed by atoms with Gasteiger partial charge in [0.15, 0.2) is 6.04 Å². The Morgan fingerprint density at radius 3 is 1.57 bits per heavy atom. The van der Waals surface area contributed by atoms with Gasteiger partial charge in [-0.15, -0.1) is 0 Å². The second-order valence-corrected chi connectivity index (χ2v) is 18.7. The summed E-state index contributed by atoms with van der Waals surface area (Å²) < 4.78 is 22.6. The molecular formula is C45H74N6O10. The number of β-lactam (4-membered cyclic amide) rings is 1. The molecule has 0 bridgehead atoms. The van der Waals surface area contributed by atoms with Crippen molar-refractivity contribution in [1.82, 2.24) is 25.3 Å². The average Bonchev–Trinajstić information content (AvgIpc) is 3.26. The van der Waals surface area contributed by atoms with Crippen LogP contribution < -0.4 is 10.6 Å². The summed E-state index contributed by atoms with van der Waals surface area (Å²) in [5, 5.41) is 5.15. The predicted molar refractivity (Wildman–Crippen MR) is 228 cm³/mol. The van der Waals surface area contributed by atoms with Crippen molar-refractivity contribution in [3.05, 3.63) is 0 Å². The summed E-state index contributed by atoms with van der Waals surface area (Å²) in [6, 6.07) is -1.61. The van der Waals surface area contributed by atoms with Gasteiger partial charge in [-0.1, -0.05) is 91.9 Å². The van der Waals surface area contributed by atoms with Gasteiger partial charge in [0, 0.05) is 32.7 Å². The van der Waals surface area contributed by atoms with E-state index >= 15 is 0 Å². The van der Waals surface area contributed by atoms with Crippen LogP contribution in [0.1, 0.15) is 143 Å². The molecule has 16 nitrogen and oxygen atoms in total. The number of amides is 6. The van der Waals surface area contributed by atoms with Gasteiger partial charge in [-0.25, -0.2) is 28.9 Å². The van der Waals surface area contributed by atoms with Gasteiger partial charge in [0.2, 0.25) is 11.9 Å². The Labute approximate surface area is 362 Å². The van der Waals surface area contributed by atoms with Crippen LogP contribution >= 0.6 is 0 Å². The third kappa shape index (κ3) is 14.8. The minimum Gasteiger partial charge on any atom is -0.464 e. The summed E-state index contributed by atoms with van der Waals surface area (Å²) in [7, 11) is 0. The maximum atomic E-state index is 13.9. The molecule has 2 N–H and O–H groups in total. The van der Waals surface area contributed by atoms with Gasteiger partial charge >= 0.3 is 30.3 Å². The lowest BCUT2D eigenvalue weighted by Crippen LogP contribution is -2.69. The molecule has 6 amide bonds. The number of nitrogens with one attached hydrogen (secondary N) is 2. The Balaban J connectivity index is 1.15. The van der Waals surface area contributed by atoms with Crippen molar-refractivity contribution in [1.29, 1.82) is 0 Å². The van der Waals surface area contributed by atoms with E-state index in [1.165, 1.54) is 24.2 Å². The highest BCUT2D eigenvalue weighted by atomic mass is 16.6. The quantitative estimate of drug-likeness (QED) is 0.0414. The standard InChI is InChI=1S/C45H74N6O10/c1-31(2)38(32(3)4)61-45(57)50-26-24-49(25-27-50)44(56)51-37(40(53)58-28-33-16-8-5-9-17-33)36(39(51)52)22-14-15-23-46-41(47-42(54)59-29-34-18-10-6-11-19-34)48-43(55)60-30-35-20-12-7-13-21-35/h31-38H,5-30H2,1-4H3,(H2,46,47,48,54,55)/t36-,37?/m1/s1. The summed E-state index contributed by atoms with van der Waals surface area (Å²) in [6.07, 6.45) is 15.4. The summed E-state index contributed by atoms with van der Waals surface area (Å²) >= 11 is 0. The molecular weight excluding hydrogens is 785 g/mol. The highest BCUT2D eigenvalue weighted by Gasteiger charge is 2.56. The van der Waals surface area contributed by atoms with Crippen LogP contribution in [0.2, 0.25) is 0 Å². The van der Waals surface area contributed by atoms with Crippen LogP contribution in [0.4, 0.5) is 19.2 Å². The number of aliphatic imine (C=N–C) groups is 1. The van der Waals surface area contributed by atoms with E-state index in [1.54, 1.807) is 4.90 Å². The average molecular weight is 859 g/mol. The second-order valence-electron chi connectivity index (χ2n) is 18.7. The molecule has 3 aliphatic carbocycles. The Morgan fingerprint density at radius 2 is 1.10 bits per heavy atom. The van der Waals surface area contributed by atoms with E-state index in [4.69, 9.17) is 18.9 Å². The minimum atomic E-state index is -1.05. The molecule has 16 heteroatoms. The molecule has 344 valence electrons. The third-order valence-corrected chi connectivity index (χ3v) is 13.2. The number of piperazine rings is 1. The van der Waals surface area contributed by atoms with Crippen LogP contribution in [-0.2, 0) is 28.5 Å². The minimum absolute atomic E-state index is 0.0732. The highest BCUT2D eigenvalue weighted by Crippen LogP contribution is 2.34. The van der Waals surface area contributed by atoms with Crippen molar-refractivity contribution < 1.29 is 47.7 Å². The van der Waals surface area contributed by atoms with Crippen LogP contribution in [0.5, 0.6) is 0 Å². The molecule has 2 aliphatic heterocycles. The van der Waals surface area contributed by atoms with E-state index in [0.717, 1.165) is 81.9 Å². The zero-order valence-electron chi connectivity index (χ0n) is 37.4. The molecule has 3 saturated carbocycles. The molecule has 0 radical (unpaired) electrons. The number of rotatable bonds is 15. The number of urea groups is 1. The molecule has 0 aromatic heterocycles. The van der Waals surface area contributed by atoms with Crippen molar-refractivity contribution in [2.45, 2.75) is 155 Å². The number of unbranched alkanes of at least 4 members (excludes halogenated alkanes) is 1. The number of likely N-dealkylation sites (tertiary alicyclic amines) is 1. The van der Waals surface area contributed by atoms with Gasteiger partial charge in [0.1, 0.15) is 6.10 Å². The zero-order chi connectivity index (χ0) is 43.7. The van der Waals surface area contributed by atoms with E-state index in [9.17, 15) is 28.8 Å². The van der Waals surface area contributed by atoms with Crippen molar-refractivity contribution in [2.75, 3.05) is 52.5 Å². The van der Waals surface area contributed by atoms with Gasteiger partial charge < -0.3 is 28.7 Å². The lowest BCUT2D eigenvalue weighted by atomic mass is 9.83. The van der Waals surface area contributed by atoms with Crippen molar-refractivity contribution in [3.63, 3.8) is 0 Å². The van der Waals surface area contributed by atoms with Crippen LogP contribution in [0.15, 0.2) is 4.99 Å². The number of nitrogens with zero attached hydrogens (tertiary/aromatic N) is 4. The van der Waals surface area contributed by atoms with Gasteiger partial charge in [0.05, 0.1) is 25.7 Å². The number of hydrogen-bond acceptors (Lipinski definition) is 11. The number of alkyl carbamates (subject to hydrolysis) is 2. The fraction of sp³-hybridized carbons (Fsp3) is 0.844. The Hall–Kier alpha value is -4.11. The monoisotopic (exact) mass is 859 g/mol. The molecule has 2 saturated heterocycles. The Kier molecular flexibility index (Phi) is 19.3. The normalized spacial score (nSPS) is 21.8. The van der Waals surface area contributed by atoms with Gasteiger partial charge in [0.25, 0.3) is 0 Å². The zero-order valence-corrected chi connectivity index (χ0v) is 37.4. The molecule has 2 heterocycles. The molecule has 5 aliphatic rings. The summed E-state index contributed by atoms with van der Waals surface area (Å²) in [6.45, 7) is 10.0. The number of carbonyl (C=O) groups is 6. The van der Waals surface area contributed by atoms with E-state index in [0.29, 0.717) is 44.3 Å². The lowest BCUT2D eigenvalue weighted by molar-refractivity contribution is -0.171. The predicted octanol–water partition coefficient (Wildman–Crippen LogP) is 7.63. The van der Waals surface area contributed by atoms with Crippen molar-refractivity contribution in [2.24, 2.45) is 40.5 Å². The first-order chi connectivity index (χ1) is 29.4. The number of ether oxygens (including phenoxy) is 4. The number of imide groups is 1. The molecule has 5 rings (SSSR count). The maximum Gasteiger partial charge on any atom is 0.413 e. The van der Waals surface area contributed by atoms with Crippen LogP contribution in [-0.4, -0.2) is 122 Å². The maximum absolute atomic E-state index is 13.9. The first kappa shape index (κ1) is 47.9. The Bertz CT molecular complexity index is 1440. The number of hydrogen-bond donors (Lipinski definition) is 2. The number of guanidine groups is 1. The highest BCUT2D eigenvalue weighted by molar-refractivity contribution is 6.08. The molecule has 2 atom stereocenters. The lowest BCUT2D eigenvalue weighted by Gasteiger charge is -2.47. The Morgan fingerprint density at radius 1 is 0.639 bits per heavy atom. The van der Waals surface area contributed by atoms with Gasteiger partial charge in [-0.3, -0.25) is 20.4 Å². The fourth-order valence-corrected chi connectivity index (χ4v) is 9.56. The SMILES string of the molecule is CC(C)C(OC(=O)N1CCN(C(=O)N2C(=O)[C@H](CCCCN=C(NC(=O)OCC3CCCCC3)NC(=O)OCC3CCCCC3)C2C(=O)OCC2CCCCC2)CC1)C(C)C. The van der Waals surface area contributed by atoms with E-state index < -0.39 is 48.1 Å². The number of esters is 1. The summed E-state index contributed by atoms with van der Waals surface area (Å²) in [5.41, 5.74) is 0. The summed E-state index contributed by atoms with van der Waals surface area (Å²) in [5.74, 6) is -0.622. The summed E-state index contributed by atoms with van der Waals surface area (Å²) in [4.78, 5) is 88.4. The fourth-order valence-electron chi connectivity index (χ4n) is 9.56. The van der Waals surface area contributed by atoms with Crippen molar-refractivity contribution in [3.8, 4) is 0 Å². The molecule has 0 spiro atoms. The van der Waals surface area contributed by atoms with Crippen LogP contribution in [0.25, 0.3) is 0 Å². The largest absolute Gasteiger partial charge is 0.464 e. The topological polar surface area (TPSA) is 185 Å². The van der Waals surface area contributed by atoms with Gasteiger partial charge in [-0.2, -0.15) is 0 Å². The molecule has 0 aromatic rings. The molecule has 0 aromatic carbocycles. The molecule has 1 unspecified atom stereocenters. The van der Waals surface area contributed by atoms with E-state index in [1.807, 2.05) is 27.7 Å². The first-order valence-electron chi connectivity index (χ1n) is 23.6. The van der Waals surface area contributed by atoms with E-state index in [2.05, 4.69) is 15.6 Å². The van der Waals surface area contributed by atoms with Crippen molar-refractivity contribution >= 4 is 42.1 Å². The first-order valence-corrected chi connectivity index (χ1v) is 23.6. The smallest absolute Gasteiger partial charge is 0.413 e. The molecule has 61 heavy (non-hydrogen) atoms. The van der Waals surface area contributed by atoms with E-state index in [-0.39, 0.29) is 69.1 Å². The third-order valence-electron chi connectivity index (χ3n) is 13.2. The van der Waals surface area contributed by atoms with Crippen LogP contribution in [0, 0.1) is 35.5 Å².